The second-order valence-electron chi connectivity index (χ2n) is 10.3. The fourth-order valence-electron chi connectivity index (χ4n) is 4.23. The third-order valence-corrected chi connectivity index (χ3v) is 6.24. The number of fused-ring (bicyclic) bond motifs is 1. The lowest BCUT2D eigenvalue weighted by molar-refractivity contribution is -0.116. The highest BCUT2D eigenvalue weighted by Crippen LogP contribution is 2.27. The Balaban J connectivity index is 1.55. The predicted molar refractivity (Wildman–Crippen MR) is 150 cm³/mol. The Hall–Kier alpha value is -4.13. The van der Waals surface area contributed by atoms with Crippen LogP contribution in [0.3, 0.4) is 0 Å². The average Bonchev–Trinajstić information content (AvgIpc) is 3.28. The predicted octanol–water partition coefficient (Wildman–Crippen LogP) is 6.51. The molecule has 3 aromatic carbocycles. The van der Waals surface area contributed by atoms with Gasteiger partial charge in [-0.25, -0.2) is 9.48 Å². The van der Waals surface area contributed by atoms with Crippen LogP contribution in [-0.4, -0.2) is 39.7 Å². The molecule has 1 aromatic heterocycles. The molecule has 0 atom stereocenters. The van der Waals surface area contributed by atoms with E-state index in [2.05, 4.69) is 31.4 Å². The number of carbonyl (C=O) groups excluding carboxylic acids is 2. The van der Waals surface area contributed by atoms with Crippen molar-refractivity contribution in [1.82, 2.24) is 14.7 Å². The molecule has 0 aliphatic carbocycles. The van der Waals surface area contributed by atoms with Gasteiger partial charge in [0.15, 0.2) is 0 Å². The van der Waals surface area contributed by atoms with E-state index >= 15 is 0 Å². The summed E-state index contributed by atoms with van der Waals surface area (Å²) < 4.78 is 1.77. The van der Waals surface area contributed by atoms with E-state index in [4.69, 9.17) is 5.10 Å². The van der Waals surface area contributed by atoms with Gasteiger partial charge < -0.3 is 15.5 Å². The zero-order valence-corrected chi connectivity index (χ0v) is 22.2. The summed E-state index contributed by atoms with van der Waals surface area (Å²) in [5.74, 6) is 0.298. The average molecular weight is 498 g/mol. The van der Waals surface area contributed by atoms with Crippen molar-refractivity contribution < 1.29 is 9.59 Å². The molecule has 0 bridgehead atoms. The van der Waals surface area contributed by atoms with Crippen molar-refractivity contribution in [3.63, 3.8) is 0 Å². The Morgan fingerprint density at radius 2 is 1.65 bits per heavy atom. The maximum Gasteiger partial charge on any atom is 0.322 e. The van der Waals surface area contributed by atoms with Gasteiger partial charge in [-0.05, 0) is 36.4 Å². The molecule has 7 heteroatoms. The first-order valence-corrected chi connectivity index (χ1v) is 12.7. The number of nitrogens with zero attached hydrogens (tertiary/aromatic N) is 3. The van der Waals surface area contributed by atoms with Crippen molar-refractivity contribution in [2.75, 3.05) is 23.7 Å². The first-order valence-electron chi connectivity index (χ1n) is 12.7. The number of rotatable bonds is 7. The molecule has 0 saturated heterocycles. The number of carbonyl (C=O) groups is 2. The van der Waals surface area contributed by atoms with Gasteiger partial charge in [0.1, 0.15) is 12.4 Å². The van der Waals surface area contributed by atoms with Gasteiger partial charge in [-0.3, -0.25) is 4.79 Å². The van der Waals surface area contributed by atoms with Crippen molar-refractivity contribution in [1.29, 1.82) is 0 Å². The Labute approximate surface area is 218 Å². The first-order chi connectivity index (χ1) is 17.7. The summed E-state index contributed by atoms with van der Waals surface area (Å²) in [5, 5.41) is 12.8. The van der Waals surface area contributed by atoms with Crippen molar-refractivity contribution >= 4 is 34.2 Å². The molecular weight excluding hydrogens is 462 g/mol. The lowest BCUT2D eigenvalue weighted by Gasteiger charge is -2.22. The van der Waals surface area contributed by atoms with Gasteiger partial charge in [0.05, 0.1) is 17.1 Å². The first kappa shape index (κ1) is 25.9. The number of aromatic nitrogens is 2. The minimum Gasteiger partial charge on any atom is -0.315 e. The van der Waals surface area contributed by atoms with Crippen LogP contribution in [0, 0.1) is 6.92 Å². The summed E-state index contributed by atoms with van der Waals surface area (Å²) in [6.07, 6.45) is 0.728. The van der Waals surface area contributed by atoms with Gasteiger partial charge >= 0.3 is 6.03 Å². The van der Waals surface area contributed by atoms with Gasteiger partial charge in [-0.2, -0.15) is 5.10 Å². The smallest absolute Gasteiger partial charge is 0.315 e. The van der Waals surface area contributed by atoms with Crippen molar-refractivity contribution in [2.45, 2.75) is 46.5 Å². The number of benzene rings is 3. The summed E-state index contributed by atoms with van der Waals surface area (Å²) in [6.45, 7) is 10.6. The number of hydrogen-bond acceptors (Lipinski definition) is 3. The lowest BCUT2D eigenvalue weighted by Crippen LogP contribution is -2.41. The van der Waals surface area contributed by atoms with E-state index < -0.39 is 0 Å². The van der Waals surface area contributed by atoms with Gasteiger partial charge in [0, 0.05) is 23.4 Å². The van der Waals surface area contributed by atoms with Crippen LogP contribution in [0.15, 0.2) is 72.8 Å². The van der Waals surface area contributed by atoms with Crippen molar-refractivity contribution in [3.05, 3.63) is 84.1 Å². The van der Waals surface area contributed by atoms with E-state index in [1.54, 1.807) is 4.68 Å². The molecule has 0 saturated carbocycles. The molecule has 0 radical (unpaired) electrons. The quantitative estimate of drug-likeness (QED) is 0.305. The minimum atomic E-state index is -0.309. The normalized spacial score (nSPS) is 11.4. The maximum absolute atomic E-state index is 13.2. The molecule has 4 rings (SSSR count). The van der Waals surface area contributed by atoms with Crippen LogP contribution in [0.5, 0.6) is 0 Å². The molecule has 2 N–H and O–H groups in total. The van der Waals surface area contributed by atoms with E-state index in [1.807, 2.05) is 86.6 Å². The molecule has 0 aliphatic heterocycles. The van der Waals surface area contributed by atoms with Crippen LogP contribution < -0.4 is 10.6 Å². The van der Waals surface area contributed by atoms with Crippen LogP contribution in [0.25, 0.3) is 16.5 Å². The zero-order valence-electron chi connectivity index (χ0n) is 22.2. The lowest BCUT2D eigenvalue weighted by atomic mass is 9.92. The standard InChI is InChI=1S/C30H35N5O2/c1-6-18-34(29(37)31-24-16-11-14-22-13-8-9-15-23(22)24)20-28(36)32-27-19-26(30(3,4)5)33-35(27)25-17-10-7-12-21(25)2/h7-17,19H,6,18,20H2,1-5H3,(H,31,37)(H,32,36). The highest BCUT2D eigenvalue weighted by molar-refractivity contribution is 6.03. The molecule has 192 valence electrons. The zero-order chi connectivity index (χ0) is 26.6. The fourth-order valence-corrected chi connectivity index (χ4v) is 4.23. The number of nitrogens with one attached hydrogen (secondary N) is 2. The molecule has 3 amide bonds. The Bertz CT molecular complexity index is 1410. The Kier molecular flexibility index (Phi) is 7.62. The number of hydrogen-bond donors (Lipinski definition) is 2. The second kappa shape index (κ2) is 10.9. The third-order valence-electron chi connectivity index (χ3n) is 6.24. The fraction of sp³-hybridized carbons (Fsp3) is 0.300. The number of aryl methyl sites for hydroxylation is 1. The molecular formula is C30H35N5O2. The SMILES string of the molecule is CCCN(CC(=O)Nc1cc(C(C)(C)C)nn1-c1ccccc1C)C(=O)Nc1cccc2ccccc12. The summed E-state index contributed by atoms with van der Waals surface area (Å²) in [5.41, 5.74) is 3.33. The number of para-hydroxylation sites is 1. The molecule has 0 fully saturated rings. The Morgan fingerprint density at radius 3 is 2.38 bits per heavy atom. The summed E-state index contributed by atoms with van der Waals surface area (Å²) in [7, 11) is 0. The van der Waals surface area contributed by atoms with Crippen LogP contribution in [0.4, 0.5) is 16.3 Å². The van der Waals surface area contributed by atoms with Gasteiger partial charge in [-0.1, -0.05) is 82.3 Å². The monoisotopic (exact) mass is 497 g/mol. The van der Waals surface area contributed by atoms with E-state index in [-0.39, 0.29) is 23.9 Å². The minimum absolute atomic E-state index is 0.0752. The van der Waals surface area contributed by atoms with Crippen LogP contribution >= 0.6 is 0 Å². The van der Waals surface area contributed by atoms with Gasteiger partial charge in [0.2, 0.25) is 5.91 Å². The van der Waals surface area contributed by atoms with Crippen molar-refractivity contribution in [3.8, 4) is 5.69 Å². The number of amides is 3. The topological polar surface area (TPSA) is 79.3 Å². The van der Waals surface area contributed by atoms with Gasteiger partial charge in [0.25, 0.3) is 0 Å². The van der Waals surface area contributed by atoms with Crippen LogP contribution in [0.2, 0.25) is 0 Å². The highest BCUT2D eigenvalue weighted by Gasteiger charge is 2.23. The number of anilines is 2. The third kappa shape index (κ3) is 6.00. The summed E-state index contributed by atoms with van der Waals surface area (Å²) >= 11 is 0. The van der Waals surface area contributed by atoms with E-state index in [9.17, 15) is 9.59 Å². The molecule has 0 aliphatic rings. The van der Waals surface area contributed by atoms with E-state index in [0.29, 0.717) is 12.4 Å². The molecule has 4 aromatic rings. The van der Waals surface area contributed by atoms with Gasteiger partial charge in [-0.15, -0.1) is 0 Å². The molecule has 0 unspecified atom stereocenters. The molecule has 1 heterocycles. The Morgan fingerprint density at radius 1 is 0.946 bits per heavy atom. The largest absolute Gasteiger partial charge is 0.322 e. The highest BCUT2D eigenvalue weighted by atomic mass is 16.2. The maximum atomic E-state index is 13.2. The second-order valence-corrected chi connectivity index (χ2v) is 10.3. The molecule has 7 nitrogen and oxygen atoms in total. The summed E-state index contributed by atoms with van der Waals surface area (Å²) in [6, 6.07) is 23.2. The van der Waals surface area contributed by atoms with E-state index in [0.717, 1.165) is 39.8 Å². The van der Waals surface area contributed by atoms with Crippen LogP contribution in [0.1, 0.15) is 45.4 Å². The van der Waals surface area contributed by atoms with E-state index in [1.165, 1.54) is 4.90 Å². The summed E-state index contributed by atoms with van der Waals surface area (Å²) in [4.78, 5) is 28.0. The number of urea groups is 1. The van der Waals surface area contributed by atoms with Crippen LogP contribution in [-0.2, 0) is 10.2 Å². The molecule has 0 spiro atoms. The van der Waals surface area contributed by atoms with Crippen molar-refractivity contribution in [2.24, 2.45) is 0 Å². The molecule has 37 heavy (non-hydrogen) atoms.